The summed E-state index contributed by atoms with van der Waals surface area (Å²) in [7, 11) is 0. The van der Waals surface area contributed by atoms with Crippen molar-refractivity contribution >= 4 is 17.6 Å². The molecule has 2 heterocycles. The van der Waals surface area contributed by atoms with Gasteiger partial charge in [0.15, 0.2) is 0 Å². The van der Waals surface area contributed by atoms with Gasteiger partial charge in [-0.05, 0) is 18.7 Å². The molecule has 2 aromatic heterocycles. The van der Waals surface area contributed by atoms with Gasteiger partial charge in [-0.15, -0.1) is 10.2 Å². The van der Waals surface area contributed by atoms with Crippen LogP contribution < -0.4 is 5.32 Å². The number of aryl methyl sites for hydroxylation is 1. The van der Waals surface area contributed by atoms with Gasteiger partial charge in [0.25, 0.3) is 5.22 Å². The SMILES string of the molecule is CCNc1cncc(Sc2nnc(C)o2)n1. The van der Waals surface area contributed by atoms with Gasteiger partial charge in [0.2, 0.25) is 5.89 Å². The highest BCUT2D eigenvalue weighted by Crippen LogP contribution is 2.24. The van der Waals surface area contributed by atoms with Crippen molar-refractivity contribution in [2.75, 3.05) is 11.9 Å². The Morgan fingerprint density at radius 2 is 2.25 bits per heavy atom. The van der Waals surface area contributed by atoms with Gasteiger partial charge in [0.1, 0.15) is 10.8 Å². The molecule has 1 N–H and O–H groups in total. The van der Waals surface area contributed by atoms with Gasteiger partial charge in [-0.25, -0.2) is 4.98 Å². The third-order valence-electron chi connectivity index (χ3n) is 1.67. The molecule has 0 unspecified atom stereocenters. The van der Waals surface area contributed by atoms with Gasteiger partial charge in [-0.3, -0.25) is 4.98 Å². The fourth-order valence-corrected chi connectivity index (χ4v) is 1.75. The second-order valence-corrected chi connectivity index (χ2v) is 3.93. The van der Waals surface area contributed by atoms with Gasteiger partial charge < -0.3 is 9.73 Å². The highest BCUT2D eigenvalue weighted by Gasteiger charge is 2.06. The summed E-state index contributed by atoms with van der Waals surface area (Å²) in [6.45, 7) is 4.56. The van der Waals surface area contributed by atoms with Crippen LogP contribution in [0.3, 0.4) is 0 Å². The number of hydrogen-bond donors (Lipinski definition) is 1. The second-order valence-electron chi connectivity index (χ2n) is 2.96. The Hall–Kier alpha value is -1.63. The van der Waals surface area contributed by atoms with E-state index in [2.05, 4.69) is 25.5 Å². The third kappa shape index (κ3) is 2.69. The summed E-state index contributed by atoms with van der Waals surface area (Å²) in [5, 5.41) is 11.9. The predicted octanol–water partition coefficient (Wildman–Crippen LogP) is 1.75. The molecule has 0 bridgehead atoms. The van der Waals surface area contributed by atoms with Crippen molar-refractivity contribution in [1.29, 1.82) is 0 Å². The van der Waals surface area contributed by atoms with Crippen LogP contribution in [-0.2, 0) is 0 Å². The van der Waals surface area contributed by atoms with Gasteiger partial charge in [-0.2, -0.15) is 0 Å². The van der Waals surface area contributed by atoms with E-state index in [0.717, 1.165) is 17.4 Å². The van der Waals surface area contributed by atoms with E-state index in [1.807, 2.05) is 6.92 Å². The summed E-state index contributed by atoms with van der Waals surface area (Å²) < 4.78 is 5.24. The number of nitrogens with zero attached hydrogens (tertiary/aromatic N) is 4. The largest absolute Gasteiger partial charge is 0.416 e. The fourth-order valence-electron chi connectivity index (χ4n) is 1.07. The van der Waals surface area contributed by atoms with E-state index in [4.69, 9.17) is 4.42 Å². The molecule has 0 spiro atoms. The molecule has 0 aliphatic rings. The van der Waals surface area contributed by atoms with Gasteiger partial charge in [-0.1, -0.05) is 0 Å². The Morgan fingerprint density at radius 1 is 1.38 bits per heavy atom. The monoisotopic (exact) mass is 237 g/mol. The number of hydrogen-bond acceptors (Lipinski definition) is 7. The van der Waals surface area contributed by atoms with Gasteiger partial charge in [0.05, 0.1) is 12.4 Å². The molecule has 2 aromatic rings. The molecule has 0 amide bonds. The van der Waals surface area contributed by atoms with Crippen molar-refractivity contribution < 1.29 is 4.42 Å². The van der Waals surface area contributed by atoms with Gasteiger partial charge >= 0.3 is 0 Å². The minimum atomic E-state index is 0.473. The summed E-state index contributed by atoms with van der Waals surface area (Å²) >= 11 is 1.29. The third-order valence-corrected chi connectivity index (χ3v) is 2.42. The van der Waals surface area contributed by atoms with Crippen molar-refractivity contribution in [2.24, 2.45) is 0 Å². The van der Waals surface area contributed by atoms with E-state index >= 15 is 0 Å². The number of aromatic nitrogens is 4. The lowest BCUT2D eigenvalue weighted by Crippen LogP contribution is -2.00. The van der Waals surface area contributed by atoms with Crippen LogP contribution in [0.5, 0.6) is 0 Å². The van der Waals surface area contributed by atoms with Crippen molar-refractivity contribution in [2.45, 2.75) is 24.1 Å². The maximum absolute atomic E-state index is 5.24. The Bertz CT molecular complexity index is 472. The summed E-state index contributed by atoms with van der Waals surface area (Å²) in [6, 6.07) is 0. The molecule has 0 saturated heterocycles. The first-order valence-corrected chi connectivity index (χ1v) is 5.63. The summed E-state index contributed by atoms with van der Waals surface area (Å²) in [5.74, 6) is 1.28. The van der Waals surface area contributed by atoms with Crippen LogP contribution in [0.1, 0.15) is 12.8 Å². The average Bonchev–Trinajstić information content (AvgIpc) is 2.65. The zero-order valence-corrected chi connectivity index (χ0v) is 9.78. The molecule has 0 aromatic carbocycles. The topological polar surface area (TPSA) is 76.7 Å². The molecule has 6 nitrogen and oxygen atoms in total. The van der Waals surface area contributed by atoms with Crippen LogP contribution in [0.25, 0.3) is 0 Å². The minimum Gasteiger partial charge on any atom is -0.416 e. The van der Waals surface area contributed by atoms with Crippen molar-refractivity contribution in [3.05, 3.63) is 18.3 Å². The van der Waals surface area contributed by atoms with Crippen LogP contribution in [0.2, 0.25) is 0 Å². The van der Waals surface area contributed by atoms with Crippen LogP contribution in [0.4, 0.5) is 5.82 Å². The molecule has 0 atom stereocenters. The number of anilines is 1. The molecule has 2 rings (SSSR count). The molecule has 0 aliphatic carbocycles. The summed E-state index contributed by atoms with van der Waals surface area (Å²) in [4.78, 5) is 8.40. The quantitative estimate of drug-likeness (QED) is 0.867. The molecular weight excluding hydrogens is 226 g/mol. The molecule has 0 saturated carbocycles. The summed E-state index contributed by atoms with van der Waals surface area (Å²) in [5.41, 5.74) is 0. The maximum atomic E-state index is 5.24. The zero-order valence-electron chi connectivity index (χ0n) is 8.97. The predicted molar refractivity (Wildman–Crippen MR) is 59.4 cm³/mol. The van der Waals surface area contributed by atoms with Crippen LogP contribution in [0, 0.1) is 6.92 Å². The Labute approximate surface area is 96.9 Å². The van der Waals surface area contributed by atoms with E-state index < -0.39 is 0 Å². The molecular formula is C9H11N5OS. The van der Waals surface area contributed by atoms with Crippen molar-refractivity contribution in [3.8, 4) is 0 Å². The zero-order chi connectivity index (χ0) is 11.4. The van der Waals surface area contributed by atoms with E-state index in [-0.39, 0.29) is 0 Å². The molecule has 0 aliphatic heterocycles. The molecule has 7 heteroatoms. The van der Waals surface area contributed by atoms with E-state index in [9.17, 15) is 0 Å². The van der Waals surface area contributed by atoms with Crippen LogP contribution in [-0.4, -0.2) is 26.7 Å². The Balaban J connectivity index is 2.12. The van der Waals surface area contributed by atoms with E-state index in [1.165, 1.54) is 11.8 Å². The van der Waals surface area contributed by atoms with E-state index in [0.29, 0.717) is 11.1 Å². The highest BCUT2D eigenvalue weighted by atomic mass is 32.2. The highest BCUT2D eigenvalue weighted by molar-refractivity contribution is 7.99. The first kappa shape index (κ1) is 10.9. The molecule has 84 valence electrons. The lowest BCUT2D eigenvalue weighted by molar-refractivity contribution is 0.429. The Morgan fingerprint density at radius 3 is 2.94 bits per heavy atom. The minimum absolute atomic E-state index is 0.473. The normalized spacial score (nSPS) is 10.4. The number of rotatable bonds is 4. The Kier molecular flexibility index (Phi) is 3.35. The van der Waals surface area contributed by atoms with Crippen LogP contribution >= 0.6 is 11.8 Å². The maximum Gasteiger partial charge on any atom is 0.282 e. The molecule has 0 radical (unpaired) electrons. The molecule has 0 fully saturated rings. The molecule has 16 heavy (non-hydrogen) atoms. The fraction of sp³-hybridized carbons (Fsp3) is 0.333. The van der Waals surface area contributed by atoms with Crippen LogP contribution in [0.15, 0.2) is 27.1 Å². The standard InChI is InChI=1S/C9H11N5OS/c1-3-11-7-4-10-5-8(12-7)16-9-14-13-6(2)15-9/h4-5H,3H2,1-2H3,(H,11,12). The van der Waals surface area contributed by atoms with E-state index in [1.54, 1.807) is 19.3 Å². The first-order valence-electron chi connectivity index (χ1n) is 4.82. The number of nitrogens with one attached hydrogen (secondary N) is 1. The lowest BCUT2D eigenvalue weighted by Gasteiger charge is -2.01. The first-order chi connectivity index (χ1) is 7.78. The average molecular weight is 237 g/mol. The lowest BCUT2D eigenvalue weighted by atomic mass is 10.6. The van der Waals surface area contributed by atoms with Crippen molar-refractivity contribution in [3.63, 3.8) is 0 Å². The smallest absolute Gasteiger partial charge is 0.282 e. The second kappa shape index (κ2) is 4.93. The van der Waals surface area contributed by atoms with Gasteiger partial charge in [0, 0.05) is 13.5 Å². The summed E-state index contributed by atoms with van der Waals surface area (Å²) in [6.07, 6.45) is 3.33. The van der Waals surface area contributed by atoms with Crippen molar-refractivity contribution in [1.82, 2.24) is 20.2 Å².